The first-order chi connectivity index (χ1) is 8.54. The standard InChI is InChI=1S/C12H16N4OS/c1-4-16-9(7(2)3)6-5-8(11(16)17)10-14-15-12(13)18-10/h5-7H,4H2,1-3H3,(H2,13,15). The lowest BCUT2D eigenvalue weighted by Gasteiger charge is -2.14. The molecule has 2 heterocycles. The molecule has 0 amide bonds. The summed E-state index contributed by atoms with van der Waals surface area (Å²) in [6, 6.07) is 3.78. The van der Waals surface area contributed by atoms with Crippen LogP contribution in [0.15, 0.2) is 16.9 Å². The number of hydrogen-bond acceptors (Lipinski definition) is 5. The monoisotopic (exact) mass is 264 g/mol. The molecule has 18 heavy (non-hydrogen) atoms. The molecule has 2 aromatic heterocycles. The number of pyridine rings is 1. The lowest BCUT2D eigenvalue weighted by Crippen LogP contribution is -2.24. The summed E-state index contributed by atoms with van der Waals surface area (Å²) < 4.78 is 1.78. The van der Waals surface area contributed by atoms with Crippen molar-refractivity contribution >= 4 is 16.5 Å². The van der Waals surface area contributed by atoms with Gasteiger partial charge in [-0.2, -0.15) is 0 Å². The molecule has 0 radical (unpaired) electrons. The van der Waals surface area contributed by atoms with E-state index in [0.29, 0.717) is 28.2 Å². The van der Waals surface area contributed by atoms with E-state index in [1.54, 1.807) is 4.57 Å². The molecule has 0 saturated carbocycles. The minimum absolute atomic E-state index is 0.0279. The topological polar surface area (TPSA) is 73.8 Å². The lowest BCUT2D eigenvalue weighted by atomic mass is 10.1. The maximum absolute atomic E-state index is 12.4. The largest absolute Gasteiger partial charge is 0.374 e. The van der Waals surface area contributed by atoms with Gasteiger partial charge in [0.1, 0.15) is 0 Å². The van der Waals surface area contributed by atoms with Crippen LogP contribution in [-0.2, 0) is 6.54 Å². The van der Waals surface area contributed by atoms with Crippen LogP contribution in [0.3, 0.4) is 0 Å². The van der Waals surface area contributed by atoms with E-state index >= 15 is 0 Å². The molecule has 0 fully saturated rings. The number of nitrogens with zero attached hydrogens (tertiary/aromatic N) is 3. The Balaban J connectivity index is 2.62. The van der Waals surface area contributed by atoms with Crippen LogP contribution in [0, 0.1) is 0 Å². The molecule has 6 heteroatoms. The van der Waals surface area contributed by atoms with E-state index in [-0.39, 0.29) is 5.56 Å². The zero-order chi connectivity index (χ0) is 13.3. The Labute approximate surface area is 109 Å². The van der Waals surface area contributed by atoms with Crippen molar-refractivity contribution in [3.63, 3.8) is 0 Å². The number of rotatable bonds is 3. The number of hydrogen-bond donors (Lipinski definition) is 1. The van der Waals surface area contributed by atoms with Gasteiger partial charge in [-0.15, -0.1) is 10.2 Å². The minimum atomic E-state index is -0.0279. The molecule has 0 atom stereocenters. The van der Waals surface area contributed by atoms with E-state index in [0.717, 1.165) is 5.69 Å². The first-order valence-corrected chi connectivity index (χ1v) is 6.69. The van der Waals surface area contributed by atoms with E-state index in [2.05, 4.69) is 24.0 Å². The van der Waals surface area contributed by atoms with Gasteiger partial charge >= 0.3 is 0 Å². The first kappa shape index (κ1) is 12.8. The van der Waals surface area contributed by atoms with Gasteiger partial charge in [-0.1, -0.05) is 25.2 Å². The van der Waals surface area contributed by atoms with Crippen LogP contribution >= 0.6 is 11.3 Å². The predicted octanol–water partition coefficient (Wildman–Crippen LogP) is 2.09. The molecule has 0 aliphatic heterocycles. The van der Waals surface area contributed by atoms with E-state index in [9.17, 15) is 4.79 Å². The molecule has 2 aromatic rings. The van der Waals surface area contributed by atoms with Crippen molar-refractivity contribution in [1.82, 2.24) is 14.8 Å². The fraction of sp³-hybridized carbons (Fsp3) is 0.417. The summed E-state index contributed by atoms with van der Waals surface area (Å²) >= 11 is 1.23. The number of nitrogen functional groups attached to an aromatic ring is 1. The number of nitrogens with two attached hydrogens (primary N) is 1. The highest BCUT2D eigenvalue weighted by Gasteiger charge is 2.14. The Hall–Kier alpha value is -1.69. The maximum atomic E-state index is 12.4. The first-order valence-electron chi connectivity index (χ1n) is 5.87. The van der Waals surface area contributed by atoms with Crippen LogP contribution < -0.4 is 11.3 Å². The van der Waals surface area contributed by atoms with E-state index < -0.39 is 0 Å². The summed E-state index contributed by atoms with van der Waals surface area (Å²) in [5.41, 5.74) is 7.12. The van der Waals surface area contributed by atoms with Gasteiger partial charge in [0.05, 0.1) is 5.56 Å². The summed E-state index contributed by atoms with van der Waals surface area (Å²) in [7, 11) is 0. The molecule has 0 saturated heterocycles. The molecule has 0 bridgehead atoms. The molecular weight excluding hydrogens is 248 g/mol. The quantitative estimate of drug-likeness (QED) is 0.921. The summed E-state index contributed by atoms with van der Waals surface area (Å²) in [5.74, 6) is 0.311. The van der Waals surface area contributed by atoms with Crippen molar-refractivity contribution in [2.45, 2.75) is 33.2 Å². The molecule has 0 spiro atoms. The number of anilines is 1. The van der Waals surface area contributed by atoms with Gasteiger partial charge < -0.3 is 10.3 Å². The zero-order valence-corrected chi connectivity index (χ0v) is 11.5. The third-order valence-corrected chi connectivity index (χ3v) is 3.57. The highest BCUT2D eigenvalue weighted by atomic mass is 32.1. The van der Waals surface area contributed by atoms with Crippen LogP contribution in [0.4, 0.5) is 5.13 Å². The Kier molecular flexibility index (Phi) is 3.47. The molecule has 2 rings (SSSR count). The molecule has 96 valence electrons. The summed E-state index contributed by atoms with van der Waals surface area (Å²) in [6.07, 6.45) is 0. The fourth-order valence-corrected chi connectivity index (χ4v) is 2.56. The normalized spacial score (nSPS) is 11.1. The second kappa shape index (κ2) is 4.89. The van der Waals surface area contributed by atoms with E-state index in [4.69, 9.17) is 5.73 Å². The van der Waals surface area contributed by atoms with Crippen LogP contribution in [0.25, 0.3) is 10.6 Å². The smallest absolute Gasteiger partial charge is 0.261 e. The molecule has 0 aromatic carbocycles. The zero-order valence-electron chi connectivity index (χ0n) is 10.7. The summed E-state index contributed by atoms with van der Waals surface area (Å²) in [5, 5.41) is 8.63. The van der Waals surface area contributed by atoms with Gasteiger partial charge in [-0.3, -0.25) is 4.79 Å². The van der Waals surface area contributed by atoms with E-state index in [1.165, 1.54) is 11.3 Å². The molecule has 0 aliphatic rings. The van der Waals surface area contributed by atoms with Crippen molar-refractivity contribution in [3.05, 3.63) is 28.2 Å². The third-order valence-electron chi connectivity index (χ3n) is 2.79. The summed E-state index contributed by atoms with van der Waals surface area (Å²) in [4.78, 5) is 12.4. The molecule has 0 aliphatic carbocycles. The van der Waals surface area contributed by atoms with Crippen molar-refractivity contribution in [2.75, 3.05) is 5.73 Å². The highest BCUT2D eigenvalue weighted by molar-refractivity contribution is 7.18. The van der Waals surface area contributed by atoms with E-state index in [1.807, 2.05) is 19.1 Å². The number of aromatic nitrogens is 3. The Bertz CT molecular complexity index is 615. The van der Waals surface area contributed by atoms with Gasteiger partial charge in [0, 0.05) is 12.2 Å². The fourth-order valence-electron chi connectivity index (χ4n) is 1.93. The van der Waals surface area contributed by atoms with Crippen LogP contribution in [0.5, 0.6) is 0 Å². The second-order valence-corrected chi connectivity index (χ2v) is 5.33. The molecule has 2 N–H and O–H groups in total. The SMILES string of the molecule is CCn1c(C(C)C)ccc(-c2nnc(N)s2)c1=O. The van der Waals surface area contributed by atoms with Crippen molar-refractivity contribution in [3.8, 4) is 10.6 Å². The molecule has 0 unspecified atom stereocenters. The van der Waals surface area contributed by atoms with Crippen LogP contribution in [0.2, 0.25) is 0 Å². The third kappa shape index (κ3) is 2.15. The van der Waals surface area contributed by atoms with Gasteiger partial charge in [0.2, 0.25) is 5.13 Å². The van der Waals surface area contributed by atoms with Gasteiger partial charge in [-0.05, 0) is 25.0 Å². The molecule has 5 nitrogen and oxygen atoms in total. The Morgan fingerprint density at radius 3 is 2.61 bits per heavy atom. The minimum Gasteiger partial charge on any atom is -0.374 e. The van der Waals surface area contributed by atoms with Crippen LogP contribution in [0.1, 0.15) is 32.4 Å². The van der Waals surface area contributed by atoms with Gasteiger partial charge in [0.25, 0.3) is 5.56 Å². The van der Waals surface area contributed by atoms with Gasteiger partial charge in [0.15, 0.2) is 5.01 Å². The summed E-state index contributed by atoms with van der Waals surface area (Å²) in [6.45, 7) is 6.76. The second-order valence-electron chi connectivity index (χ2n) is 4.32. The predicted molar refractivity (Wildman–Crippen MR) is 73.8 cm³/mol. The average molecular weight is 264 g/mol. The van der Waals surface area contributed by atoms with Crippen molar-refractivity contribution in [1.29, 1.82) is 0 Å². The Morgan fingerprint density at radius 1 is 1.39 bits per heavy atom. The average Bonchev–Trinajstić information content (AvgIpc) is 2.75. The Morgan fingerprint density at radius 2 is 2.11 bits per heavy atom. The van der Waals surface area contributed by atoms with Gasteiger partial charge in [-0.25, -0.2) is 0 Å². The van der Waals surface area contributed by atoms with Crippen molar-refractivity contribution in [2.24, 2.45) is 0 Å². The molecular formula is C12H16N4OS. The van der Waals surface area contributed by atoms with Crippen molar-refractivity contribution < 1.29 is 0 Å². The maximum Gasteiger partial charge on any atom is 0.261 e. The lowest BCUT2D eigenvalue weighted by molar-refractivity contribution is 0.641. The highest BCUT2D eigenvalue weighted by Crippen LogP contribution is 2.23. The van der Waals surface area contributed by atoms with Crippen LogP contribution in [-0.4, -0.2) is 14.8 Å².